The molecule has 3 atom stereocenters. The second-order valence-corrected chi connectivity index (χ2v) is 10.9. The Kier molecular flexibility index (Phi) is 6.41. The summed E-state index contributed by atoms with van der Waals surface area (Å²) in [4.78, 5) is 22.9. The van der Waals surface area contributed by atoms with Crippen molar-refractivity contribution in [3.05, 3.63) is 82.2 Å². The number of carboxylic acid groups (broad SMARTS) is 1. The number of carbonyl (C=O) groups is 2. The van der Waals surface area contributed by atoms with Crippen molar-refractivity contribution in [2.75, 3.05) is 0 Å². The van der Waals surface area contributed by atoms with Crippen molar-refractivity contribution in [3.8, 4) is 22.6 Å². The first-order valence-electron chi connectivity index (χ1n) is 12.9. The molecule has 2 aliphatic rings. The fourth-order valence-electron chi connectivity index (χ4n) is 5.57. The average molecular weight is 518 g/mol. The predicted molar refractivity (Wildman–Crippen MR) is 142 cm³/mol. The number of carboxylic acids is 1. The van der Waals surface area contributed by atoms with Crippen LogP contribution in [0.2, 0.25) is 0 Å². The SMILES string of the molecule is Cc1cc(OC(C)(C)C(N)=O)cc(C)c1-c1ccc(F)c2c1CC[C@H]2Oc1ccc([C@H]2C[C@@H]2C(=O)O)cc1. The zero-order valence-corrected chi connectivity index (χ0v) is 22.0. The standard InChI is InChI=1S/C31H32FNO5/c1-16-13-20(38-31(3,4)30(33)36)14-17(2)27(16)21-9-11-25(32)28-22(21)10-12-26(28)37-19-7-5-18(6-8-19)23-15-24(23)29(34)35/h5-9,11,13-14,23-24,26H,10,12,15H2,1-4H3,(H2,33,36)(H,34,35)/t23-,24+,26-/m1/s1. The molecule has 0 saturated heterocycles. The lowest BCUT2D eigenvalue weighted by Gasteiger charge is -2.24. The number of hydrogen-bond acceptors (Lipinski definition) is 4. The normalized spacial score (nSPS) is 20.1. The third kappa shape index (κ3) is 4.73. The number of hydrogen-bond donors (Lipinski definition) is 2. The number of amides is 1. The van der Waals surface area contributed by atoms with Crippen molar-refractivity contribution >= 4 is 11.9 Å². The van der Waals surface area contributed by atoms with Gasteiger partial charge in [0.2, 0.25) is 0 Å². The highest BCUT2D eigenvalue weighted by molar-refractivity contribution is 5.83. The van der Waals surface area contributed by atoms with E-state index in [2.05, 4.69) is 0 Å². The lowest BCUT2D eigenvalue weighted by molar-refractivity contribution is -0.138. The van der Waals surface area contributed by atoms with Crippen molar-refractivity contribution in [1.29, 1.82) is 0 Å². The molecule has 0 radical (unpaired) electrons. The largest absolute Gasteiger partial charge is 0.486 e. The number of nitrogens with two attached hydrogens (primary N) is 1. The summed E-state index contributed by atoms with van der Waals surface area (Å²) >= 11 is 0. The van der Waals surface area contributed by atoms with Gasteiger partial charge in [-0.2, -0.15) is 0 Å². The molecule has 2 aliphatic carbocycles. The van der Waals surface area contributed by atoms with Gasteiger partial charge in [-0.1, -0.05) is 18.2 Å². The van der Waals surface area contributed by atoms with Gasteiger partial charge in [0.05, 0.1) is 5.92 Å². The maximum absolute atomic E-state index is 15.2. The molecule has 198 valence electrons. The lowest BCUT2D eigenvalue weighted by atomic mass is 9.90. The highest BCUT2D eigenvalue weighted by Crippen LogP contribution is 2.48. The molecule has 0 heterocycles. The first kappa shape index (κ1) is 25.8. The van der Waals surface area contributed by atoms with Gasteiger partial charge in [0.15, 0.2) is 5.60 Å². The maximum atomic E-state index is 15.2. The van der Waals surface area contributed by atoms with Crippen LogP contribution in [0.1, 0.15) is 66.5 Å². The molecule has 1 saturated carbocycles. The Morgan fingerprint density at radius 1 is 1.03 bits per heavy atom. The monoisotopic (exact) mass is 517 g/mol. The minimum absolute atomic E-state index is 0.0545. The summed E-state index contributed by atoms with van der Waals surface area (Å²) in [7, 11) is 0. The summed E-state index contributed by atoms with van der Waals surface area (Å²) in [5, 5.41) is 9.18. The highest BCUT2D eigenvalue weighted by atomic mass is 19.1. The van der Waals surface area contributed by atoms with E-state index in [0.717, 1.165) is 33.4 Å². The number of ether oxygens (including phenoxy) is 2. The Labute approximate surface area is 221 Å². The van der Waals surface area contributed by atoms with Gasteiger partial charge in [-0.25, -0.2) is 4.39 Å². The van der Waals surface area contributed by atoms with Gasteiger partial charge < -0.3 is 20.3 Å². The van der Waals surface area contributed by atoms with Gasteiger partial charge in [-0.15, -0.1) is 0 Å². The summed E-state index contributed by atoms with van der Waals surface area (Å²) in [5.74, 6) is -0.662. The molecule has 1 amide bonds. The first-order chi connectivity index (χ1) is 18.0. The van der Waals surface area contributed by atoms with Crippen molar-refractivity contribution in [2.45, 2.75) is 64.6 Å². The van der Waals surface area contributed by atoms with Crippen LogP contribution in [-0.2, 0) is 16.0 Å². The van der Waals surface area contributed by atoms with Crippen LogP contribution in [0.15, 0.2) is 48.5 Å². The molecule has 3 aromatic rings. The Morgan fingerprint density at radius 3 is 2.26 bits per heavy atom. The zero-order chi connectivity index (χ0) is 27.4. The van der Waals surface area contributed by atoms with Gasteiger partial charge in [0.1, 0.15) is 23.4 Å². The van der Waals surface area contributed by atoms with Crippen molar-refractivity contribution in [1.82, 2.24) is 0 Å². The second kappa shape index (κ2) is 9.46. The summed E-state index contributed by atoms with van der Waals surface area (Å²) in [6, 6.07) is 14.6. The van der Waals surface area contributed by atoms with E-state index in [-0.39, 0.29) is 17.7 Å². The second-order valence-electron chi connectivity index (χ2n) is 10.9. The van der Waals surface area contributed by atoms with Crippen LogP contribution in [0.25, 0.3) is 11.1 Å². The number of carbonyl (C=O) groups excluding carboxylic acids is 1. The van der Waals surface area contributed by atoms with Crippen LogP contribution in [0.4, 0.5) is 4.39 Å². The maximum Gasteiger partial charge on any atom is 0.307 e. The number of halogens is 1. The van der Waals surface area contributed by atoms with E-state index in [9.17, 15) is 14.7 Å². The molecule has 38 heavy (non-hydrogen) atoms. The molecule has 0 unspecified atom stereocenters. The third-order valence-corrected chi connectivity index (χ3v) is 7.72. The molecule has 0 aliphatic heterocycles. The van der Waals surface area contributed by atoms with E-state index in [1.54, 1.807) is 13.8 Å². The topological polar surface area (TPSA) is 98.9 Å². The fraction of sp³-hybridized carbons (Fsp3) is 0.355. The Bertz CT molecular complexity index is 1410. The number of rotatable bonds is 8. The molecule has 0 spiro atoms. The molecule has 0 bridgehead atoms. The minimum atomic E-state index is -1.14. The molecule has 3 aromatic carbocycles. The smallest absolute Gasteiger partial charge is 0.307 e. The fourth-order valence-corrected chi connectivity index (χ4v) is 5.57. The van der Waals surface area contributed by atoms with E-state index in [1.807, 2.05) is 56.3 Å². The minimum Gasteiger partial charge on any atom is -0.486 e. The van der Waals surface area contributed by atoms with Gasteiger partial charge in [0.25, 0.3) is 5.91 Å². The van der Waals surface area contributed by atoms with Crippen LogP contribution in [0, 0.1) is 25.6 Å². The summed E-state index contributed by atoms with van der Waals surface area (Å²) in [6.07, 6.45) is 1.58. The van der Waals surface area contributed by atoms with Crippen LogP contribution in [-0.4, -0.2) is 22.6 Å². The predicted octanol–water partition coefficient (Wildman–Crippen LogP) is 6.01. The van der Waals surface area contributed by atoms with E-state index in [0.29, 0.717) is 36.3 Å². The van der Waals surface area contributed by atoms with Crippen molar-refractivity contribution < 1.29 is 28.6 Å². The Hall–Kier alpha value is -3.87. The van der Waals surface area contributed by atoms with Crippen LogP contribution >= 0.6 is 0 Å². The molecular weight excluding hydrogens is 485 g/mol. The summed E-state index contributed by atoms with van der Waals surface area (Å²) < 4.78 is 27.3. The summed E-state index contributed by atoms with van der Waals surface area (Å²) in [6.45, 7) is 7.21. The Morgan fingerprint density at radius 2 is 1.68 bits per heavy atom. The number of primary amides is 1. The van der Waals surface area contributed by atoms with Crippen molar-refractivity contribution in [2.24, 2.45) is 11.7 Å². The Balaban J connectivity index is 1.40. The first-order valence-corrected chi connectivity index (χ1v) is 12.9. The van der Waals surface area contributed by atoms with Gasteiger partial charge >= 0.3 is 5.97 Å². The van der Waals surface area contributed by atoms with E-state index in [1.165, 1.54) is 6.07 Å². The van der Waals surface area contributed by atoms with Crippen molar-refractivity contribution in [3.63, 3.8) is 0 Å². The molecule has 1 fully saturated rings. The van der Waals surface area contributed by atoms with Crippen LogP contribution < -0.4 is 15.2 Å². The van der Waals surface area contributed by atoms with Gasteiger partial charge in [-0.05, 0) is 117 Å². The molecule has 3 N–H and O–H groups in total. The van der Waals surface area contributed by atoms with Crippen LogP contribution in [0.5, 0.6) is 11.5 Å². The highest BCUT2D eigenvalue weighted by Gasteiger charge is 2.44. The number of benzene rings is 3. The van der Waals surface area contributed by atoms with E-state index >= 15 is 4.39 Å². The molecule has 5 rings (SSSR count). The van der Waals surface area contributed by atoms with Gasteiger partial charge in [-0.3, -0.25) is 9.59 Å². The molecule has 0 aromatic heterocycles. The number of aryl methyl sites for hydroxylation is 2. The van der Waals surface area contributed by atoms with Crippen LogP contribution in [0.3, 0.4) is 0 Å². The van der Waals surface area contributed by atoms with Gasteiger partial charge in [0, 0.05) is 5.56 Å². The number of aliphatic carboxylic acids is 1. The lowest BCUT2D eigenvalue weighted by Crippen LogP contribution is -2.43. The van der Waals surface area contributed by atoms with E-state index in [4.69, 9.17) is 15.2 Å². The molecular formula is C31H32FNO5. The quantitative estimate of drug-likeness (QED) is 0.381. The zero-order valence-electron chi connectivity index (χ0n) is 22.0. The third-order valence-electron chi connectivity index (χ3n) is 7.72. The van der Waals surface area contributed by atoms with E-state index < -0.39 is 23.6 Å². The summed E-state index contributed by atoms with van der Waals surface area (Å²) in [5.41, 5.74) is 10.7. The molecule has 7 heteroatoms. The molecule has 6 nitrogen and oxygen atoms in total. The average Bonchev–Trinajstić information content (AvgIpc) is 3.54. The number of fused-ring (bicyclic) bond motifs is 1.